The van der Waals surface area contributed by atoms with Crippen molar-refractivity contribution in [1.82, 2.24) is 4.57 Å². The standard InChI is InChI=1S/C56H43N3OS/c1-56(2)51-21-12-10-19-47(51)48-30-27-43(37-52(48)56)58(41-17-8-5-9-18-41)45-34-39(33-44(36-45)57(40-15-6-4-7-16-40)42-25-28-46(60-3)29-26-42)38-24-31-54-50(35-38)49-20-11-13-22-53(49)59(54)55-23-14-32-61-55/h4-37H,1-3H3. The summed E-state index contributed by atoms with van der Waals surface area (Å²) in [6.07, 6.45) is 0. The predicted octanol–water partition coefficient (Wildman–Crippen LogP) is 15.8. The van der Waals surface area contributed by atoms with E-state index in [1.807, 2.05) is 12.1 Å². The largest absolute Gasteiger partial charge is 0.497 e. The van der Waals surface area contributed by atoms with Crippen LogP contribution in [0.1, 0.15) is 25.0 Å². The molecule has 0 saturated heterocycles. The van der Waals surface area contributed by atoms with Crippen molar-refractivity contribution in [2.45, 2.75) is 19.3 Å². The number of hydrogen-bond acceptors (Lipinski definition) is 4. The second kappa shape index (κ2) is 14.7. The first-order valence-electron chi connectivity index (χ1n) is 20.8. The highest BCUT2D eigenvalue weighted by molar-refractivity contribution is 7.12. The van der Waals surface area contributed by atoms with Crippen molar-refractivity contribution in [3.63, 3.8) is 0 Å². The molecule has 10 aromatic rings. The Balaban J connectivity index is 1.16. The van der Waals surface area contributed by atoms with Gasteiger partial charge in [-0.15, -0.1) is 11.3 Å². The van der Waals surface area contributed by atoms with Crippen LogP contribution in [-0.2, 0) is 5.41 Å². The number of aromatic nitrogens is 1. The second-order valence-corrected chi connectivity index (χ2v) is 17.1. The van der Waals surface area contributed by atoms with Crippen molar-refractivity contribution in [3.8, 4) is 33.0 Å². The van der Waals surface area contributed by atoms with Gasteiger partial charge in [0, 0.05) is 50.3 Å². The molecule has 0 radical (unpaired) electrons. The summed E-state index contributed by atoms with van der Waals surface area (Å²) < 4.78 is 8.01. The van der Waals surface area contributed by atoms with Gasteiger partial charge in [-0.05, 0) is 148 Å². The molecule has 11 rings (SSSR count). The molecule has 2 heterocycles. The predicted molar refractivity (Wildman–Crippen MR) is 258 cm³/mol. The molecule has 0 atom stereocenters. The molecule has 0 amide bonds. The Morgan fingerprint density at radius 1 is 0.443 bits per heavy atom. The maximum atomic E-state index is 5.62. The van der Waals surface area contributed by atoms with Gasteiger partial charge in [0.1, 0.15) is 5.75 Å². The summed E-state index contributed by atoms with van der Waals surface area (Å²) in [6.45, 7) is 4.70. The Hall–Kier alpha value is -7.34. The molecule has 0 fully saturated rings. The lowest BCUT2D eigenvalue weighted by atomic mass is 9.82. The number of nitrogens with zero attached hydrogens (tertiary/aromatic N) is 3. The highest BCUT2D eigenvalue weighted by Crippen LogP contribution is 2.51. The number of methoxy groups -OCH3 is 1. The Morgan fingerprint density at radius 2 is 1.05 bits per heavy atom. The second-order valence-electron chi connectivity index (χ2n) is 16.2. The maximum absolute atomic E-state index is 5.62. The third-order valence-corrected chi connectivity index (χ3v) is 13.2. The van der Waals surface area contributed by atoms with Crippen molar-refractivity contribution in [2.24, 2.45) is 0 Å². The minimum Gasteiger partial charge on any atom is -0.497 e. The van der Waals surface area contributed by atoms with Crippen LogP contribution in [0.3, 0.4) is 0 Å². The molecular formula is C56H43N3OS. The van der Waals surface area contributed by atoms with E-state index in [2.05, 4.69) is 222 Å². The van der Waals surface area contributed by atoms with E-state index in [1.165, 1.54) is 49.1 Å². The zero-order valence-electron chi connectivity index (χ0n) is 34.3. The molecule has 2 aromatic heterocycles. The van der Waals surface area contributed by atoms with Gasteiger partial charge in [-0.25, -0.2) is 0 Å². The monoisotopic (exact) mass is 805 g/mol. The zero-order chi connectivity index (χ0) is 41.1. The van der Waals surface area contributed by atoms with Gasteiger partial charge in [-0.3, -0.25) is 0 Å². The molecule has 0 N–H and O–H groups in total. The summed E-state index contributed by atoms with van der Waals surface area (Å²) in [6, 6.07) is 72.7. The van der Waals surface area contributed by atoms with E-state index in [0.29, 0.717) is 0 Å². The van der Waals surface area contributed by atoms with Crippen molar-refractivity contribution in [1.29, 1.82) is 0 Å². The molecule has 0 saturated carbocycles. The number of ether oxygens (including phenoxy) is 1. The Bertz CT molecular complexity index is 3200. The normalized spacial score (nSPS) is 12.6. The lowest BCUT2D eigenvalue weighted by molar-refractivity contribution is 0.415. The van der Waals surface area contributed by atoms with Crippen LogP contribution >= 0.6 is 11.3 Å². The summed E-state index contributed by atoms with van der Waals surface area (Å²) in [5.41, 5.74) is 16.2. The van der Waals surface area contributed by atoms with Crippen LogP contribution in [0, 0.1) is 0 Å². The number of rotatable bonds is 9. The molecule has 0 unspecified atom stereocenters. The lowest BCUT2D eigenvalue weighted by Crippen LogP contribution is -2.17. The van der Waals surface area contributed by atoms with Crippen LogP contribution < -0.4 is 14.5 Å². The summed E-state index contributed by atoms with van der Waals surface area (Å²) >= 11 is 1.76. The first-order valence-corrected chi connectivity index (χ1v) is 21.7. The summed E-state index contributed by atoms with van der Waals surface area (Å²) in [5.74, 6) is 0.818. The zero-order valence-corrected chi connectivity index (χ0v) is 35.1. The van der Waals surface area contributed by atoms with Crippen LogP contribution in [0.5, 0.6) is 5.75 Å². The molecule has 8 aromatic carbocycles. The highest BCUT2D eigenvalue weighted by Gasteiger charge is 2.36. The highest BCUT2D eigenvalue weighted by atomic mass is 32.1. The van der Waals surface area contributed by atoms with E-state index in [4.69, 9.17) is 4.74 Å². The van der Waals surface area contributed by atoms with Gasteiger partial charge >= 0.3 is 0 Å². The van der Waals surface area contributed by atoms with Gasteiger partial charge in [-0.1, -0.05) is 105 Å². The van der Waals surface area contributed by atoms with Crippen LogP contribution in [0.25, 0.3) is 49.1 Å². The van der Waals surface area contributed by atoms with Crippen LogP contribution in [-0.4, -0.2) is 11.7 Å². The van der Waals surface area contributed by atoms with E-state index < -0.39 is 0 Å². The quantitative estimate of drug-likeness (QED) is 0.145. The number of para-hydroxylation sites is 3. The first-order chi connectivity index (χ1) is 30.0. The average molecular weight is 806 g/mol. The number of thiophene rings is 1. The van der Waals surface area contributed by atoms with E-state index in [-0.39, 0.29) is 5.41 Å². The molecule has 0 aliphatic heterocycles. The number of anilines is 6. The lowest BCUT2D eigenvalue weighted by Gasteiger charge is -2.31. The molecule has 4 nitrogen and oxygen atoms in total. The summed E-state index contributed by atoms with van der Waals surface area (Å²) in [4.78, 5) is 4.77. The van der Waals surface area contributed by atoms with Gasteiger partial charge in [0.25, 0.3) is 0 Å². The fourth-order valence-corrected chi connectivity index (χ4v) is 10.2. The molecular weight excluding hydrogens is 763 g/mol. The van der Waals surface area contributed by atoms with Gasteiger partial charge in [0.15, 0.2) is 0 Å². The topological polar surface area (TPSA) is 20.6 Å². The fourth-order valence-electron chi connectivity index (χ4n) is 9.42. The van der Waals surface area contributed by atoms with Gasteiger partial charge in [0.05, 0.1) is 23.1 Å². The summed E-state index contributed by atoms with van der Waals surface area (Å²) in [7, 11) is 1.71. The van der Waals surface area contributed by atoms with E-state index in [9.17, 15) is 0 Å². The SMILES string of the molecule is COc1ccc(N(c2ccccc2)c2cc(-c3ccc4c(c3)c3ccccc3n4-c3cccs3)cc(N(c3ccccc3)c3ccc4c(c3)C(C)(C)c3ccccc3-4)c2)cc1. The molecule has 1 aliphatic carbocycles. The van der Waals surface area contributed by atoms with Crippen LogP contribution in [0.4, 0.5) is 34.1 Å². The maximum Gasteiger partial charge on any atom is 0.119 e. The van der Waals surface area contributed by atoms with Gasteiger partial charge in [-0.2, -0.15) is 0 Å². The molecule has 0 bridgehead atoms. The first kappa shape index (κ1) is 36.7. The smallest absolute Gasteiger partial charge is 0.119 e. The third kappa shape index (κ3) is 6.20. The van der Waals surface area contributed by atoms with Gasteiger partial charge in [0.2, 0.25) is 0 Å². The van der Waals surface area contributed by atoms with Crippen LogP contribution in [0.2, 0.25) is 0 Å². The Morgan fingerprint density at radius 3 is 1.75 bits per heavy atom. The van der Waals surface area contributed by atoms with E-state index >= 15 is 0 Å². The van der Waals surface area contributed by atoms with Crippen molar-refractivity contribution in [3.05, 3.63) is 217 Å². The van der Waals surface area contributed by atoms with Crippen molar-refractivity contribution in [2.75, 3.05) is 16.9 Å². The number of hydrogen-bond donors (Lipinski definition) is 0. The third-order valence-electron chi connectivity index (χ3n) is 12.3. The number of benzene rings is 8. The number of fused-ring (bicyclic) bond motifs is 6. The van der Waals surface area contributed by atoms with Crippen LogP contribution in [0.15, 0.2) is 206 Å². The van der Waals surface area contributed by atoms with Crippen molar-refractivity contribution < 1.29 is 4.74 Å². The van der Waals surface area contributed by atoms with Gasteiger partial charge < -0.3 is 19.1 Å². The van der Waals surface area contributed by atoms with E-state index in [0.717, 1.165) is 51.0 Å². The van der Waals surface area contributed by atoms with Crippen molar-refractivity contribution >= 4 is 67.3 Å². The minimum absolute atomic E-state index is 0.145. The molecule has 0 spiro atoms. The van der Waals surface area contributed by atoms with E-state index in [1.54, 1.807) is 18.4 Å². The average Bonchev–Trinajstić information content (AvgIpc) is 4.01. The fraction of sp³-hybridized carbons (Fsp3) is 0.0714. The molecule has 5 heteroatoms. The molecule has 294 valence electrons. The Kier molecular flexibility index (Phi) is 8.87. The molecule has 1 aliphatic rings. The summed E-state index contributed by atoms with van der Waals surface area (Å²) in [5, 5.41) is 5.82. The molecule has 61 heavy (non-hydrogen) atoms. The minimum atomic E-state index is -0.145. The Labute approximate surface area is 360 Å².